The molecule has 1 unspecified atom stereocenters. The highest BCUT2D eigenvalue weighted by atomic mass is 16.4. The maximum absolute atomic E-state index is 11.0. The summed E-state index contributed by atoms with van der Waals surface area (Å²) in [5.74, 6) is -0.951. The molecule has 0 radical (unpaired) electrons. The van der Waals surface area contributed by atoms with E-state index in [9.17, 15) is 4.79 Å². The Hall–Kier alpha value is -2.04. The van der Waals surface area contributed by atoms with Crippen molar-refractivity contribution in [2.75, 3.05) is 11.4 Å². The fourth-order valence-corrected chi connectivity index (χ4v) is 2.73. The lowest BCUT2D eigenvalue weighted by Gasteiger charge is -2.24. The first-order valence-electron chi connectivity index (χ1n) is 7.05. The number of hydrogen-bond donors (Lipinski definition) is 1. The maximum Gasteiger partial charge on any atom is 0.335 e. The summed E-state index contributed by atoms with van der Waals surface area (Å²) in [6, 6.07) is 5.81. The van der Waals surface area contributed by atoms with Crippen molar-refractivity contribution in [2.24, 2.45) is 0 Å². The van der Waals surface area contributed by atoms with Crippen LogP contribution in [0.5, 0.6) is 0 Å². The second kappa shape index (κ2) is 5.15. The van der Waals surface area contributed by atoms with Gasteiger partial charge in [-0.25, -0.2) is 4.79 Å². The molecular formula is C15H18N2O3. The third kappa shape index (κ3) is 2.35. The van der Waals surface area contributed by atoms with Gasteiger partial charge in [-0.05, 0) is 38.0 Å². The lowest BCUT2D eigenvalue weighted by molar-refractivity contribution is 0.0697. The van der Waals surface area contributed by atoms with Crippen LogP contribution in [0.25, 0.3) is 11.1 Å². The molecule has 0 aliphatic carbocycles. The first kappa shape index (κ1) is 13.0. The molecule has 106 valence electrons. The summed E-state index contributed by atoms with van der Waals surface area (Å²) in [7, 11) is 0. The number of carboxylic acid groups (broad SMARTS) is 1. The van der Waals surface area contributed by atoms with E-state index >= 15 is 0 Å². The van der Waals surface area contributed by atoms with Crippen LogP contribution in [0.3, 0.4) is 0 Å². The van der Waals surface area contributed by atoms with Gasteiger partial charge >= 0.3 is 5.97 Å². The fraction of sp³-hybridized carbons (Fsp3) is 0.467. The van der Waals surface area contributed by atoms with Crippen molar-refractivity contribution < 1.29 is 14.3 Å². The highest BCUT2D eigenvalue weighted by molar-refractivity contribution is 5.92. The summed E-state index contributed by atoms with van der Waals surface area (Å²) in [5.41, 5.74) is 1.47. The van der Waals surface area contributed by atoms with E-state index in [2.05, 4.69) is 16.8 Å². The van der Waals surface area contributed by atoms with Gasteiger partial charge in [-0.3, -0.25) is 0 Å². The zero-order valence-corrected chi connectivity index (χ0v) is 11.5. The molecular weight excluding hydrogens is 256 g/mol. The third-order valence-electron chi connectivity index (χ3n) is 3.92. The molecule has 20 heavy (non-hydrogen) atoms. The van der Waals surface area contributed by atoms with Crippen molar-refractivity contribution in [3.05, 3.63) is 23.8 Å². The summed E-state index contributed by atoms with van der Waals surface area (Å²) in [6.07, 6.45) is 4.76. The molecule has 2 heterocycles. The highest BCUT2D eigenvalue weighted by Crippen LogP contribution is 2.27. The largest absolute Gasteiger partial charge is 0.478 e. The van der Waals surface area contributed by atoms with Crippen molar-refractivity contribution in [3.8, 4) is 0 Å². The molecule has 1 atom stereocenters. The van der Waals surface area contributed by atoms with Gasteiger partial charge in [0.1, 0.15) is 5.52 Å². The molecule has 0 amide bonds. The average molecular weight is 274 g/mol. The summed E-state index contributed by atoms with van der Waals surface area (Å²) < 4.78 is 5.78. The third-order valence-corrected chi connectivity index (χ3v) is 3.92. The Kier molecular flexibility index (Phi) is 3.34. The van der Waals surface area contributed by atoms with Crippen molar-refractivity contribution in [1.29, 1.82) is 0 Å². The SMILES string of the molecule is CC1CCCCCN1c1nc2ccc(C(=O)O)cc2o1. The van der Waals surface area contributed by atoms with E-state index in [0.29, 0.717) is 23.2 Å². The first-order valence-corrected chi connectivity index (χ1v) is 7.05. The molecule has 5 nitrogen and oxygen atoms in total. The number of hydrogen-bond acceptors (Lipinski definition) is 4. The lowest BCUT2D eigenvalue weighted by atomic mass is 10.1. The Bertz CT molecular complexity index is 635. The van der Waals surface area contributed by atoms with Crippen LogP contribution < -0.4 is 4.90 Å². The van der Waals surface area contributed by atoms with E-state index in [1.165, 1.54) is 18.9 Å². The number of aromatic carboxylic acids is 1. The molecule has 1 aliphatic heterocycles. The van der Waals surface area contributed by atoms with Crippen LogP contribution in [-0.2, 0) is 0 Å². The van der Waals surface area contributed by atoms with Gasteiger partial charge in [-0.1, -0.05) is 12.8 Å². The minimum absolute atomic E-state index is 0.226. The molecule has 0 spiro atoms. The van der Waals surface area contributed by atoms with Gasteiger partial charge in [0.15, 0.2) is 5.58 Å². The number of fused-ring (bicyclic) bond motifs is 1. The Labute approximate surface area is 117 Å². The van der Waals surface area contributed by atoms with Crippen molar-refractivity contribution in [1.82, 2.24) is 4.98 Å². The van der Waals surface area contributed by atoms with Crippen LogP contribution in [0.1, 0.15) is 43.0 Å². The zero-order valence-electron chi connectivity index (χ0n) is 11.5. The van der Waals surface area contributed by atoms with Crippen molar-refractivity contribution >= 4 is 23.1 Å². The lowest BCUT2D eigenvalue weighted by Crippen LogP contribution is -2.32. The second-order valence-electron chi connectivity index (χ2n) is 5.38. The smallest absolute Gasteiger partial charge is 0.335 e. The predicted octanol–water partition coefficient (Wildman–Crippen LogP) is 3.29. The van der Waals surface area contributed by atoms with E-state index in [0.717, 1.165) is 19.4 Å². The van der Waals surface area contributed by atoms with Gasteiger partial charge in [-0.15, -0.1) is 0 Å². The predicted molar refractivity (Wildman–Crippen MR) is 76.2 cm³/mol. The van der Waals surface area contributed by atoms with Crippen LogP contribution >= 0.6 is 0 Å². The van der Waals surface area contributed by atoms with Crippen molar-refractivity contribution in [2.45, 2.75) is 38.6 Å². The molecule has 0 bridgehead atoms. The number of carbonyl (C=O) groups is 1. The van der Waals surface area contributed by atoms with Gasteiger partial charge in [0, 0.05) is 12.6 Å². The molecule has 1 aliphatic rings. The molecule has 5 heteroatoms. The van der Waals surface area contributed by atoms with Crippen LogP contribution in [-0.4, -0.2) is 28.6 Å². The standard InChI is InChI=1S/C15H18N2O3/c1-10-5-3-2-4-8-17(10)15-16-12-7-6-11(14(18)19)9-13(12)20-15/h6-7,9-10H,2-5,8H2,1H3,(H,18,19). The van der Waals surface area contributed by atoms with Gasteiger partial charge < -0.3 is 14.4 Å². The van der Waals surface area contributed by atoms with Crippen LogP contribution in [0.2, 0.25) is 0 Å². The van der Waals surface area contributed by atoms with E-state index in [1.54, 1.807) is 12.1 Å². The Morgan fingerprint density at radius 3 is 3.05 bits per heavy atom. The number of carboxylic acids is 1. The number of rotatable bonds is 2. The van der Waals surface area contributed by atoms with Crippen molar-refractivity contribution in [3.63, 3.8) is 0 Å². The Balaban J connectivity index is 1.97. The quantitative estimate of drug-likeness (QED) is 0.910. The Morgan fingerprint density at radius 2 is 2.25 bits per heavy atom. The van der Waals surface area contributed by atoms with Gasteiger partial charge in [0.2, 0.25) is 0 Å². The summed E-state index contributed by atoms with van der Waals surface area (Å²) in [4.78, 5) is 17.7. The average Bonchev–Trinajstić information content (AvgIpc) is 2.72. The van der Waals surface area contributed by atoms with E-state index < -0.39 is 5.97 Å². The number of aromatic nitrogens is 1. The van der Waals surface area contributed by atoms with Crippen LogP contribution in [0.4, 0.5) is 6.01 Å². The Morgan fingerprint density at radius 1 is 1.40 bits per heavy atom. The fourth-order valence-electron chi connectivity index (χ4n) is 2.73. The maximum atomic E-state index is 11.0. The minimum Gasteiger partial charge on any atom is -0.478 e. The van der Waals surface area contributed by atoms with E-state index in [1.807, 2.05) is 0 Å². The first-order chi connectivity index (χ1) is 9.65. The van der Waals surface area contributed by atoms with Gasteiger partial charge in [-0.2, -0.15) is 4.98 Å². The van der Waals surface area contributed by atoms with E-state index in [4.69, 9.17) is 9.52 Å². The molecule has 2 aromatic rings. The summed E-state index contributed by atoms with van der Waals surface area (Å²) >= 11 is 0. The van der Waals surface area contributed by atoms with Gasteiger partial charge in [0.05, 0.1) is 5.56 Å². The molecule has 0 saturated carbocycles. The van der Waals surface area contributed by atoms with Gasteiger partial charge in [0.25, 0.3) is 6.01 Å². The monoisotopic (exact) mass is 274 g/mol. The highest BCUT2D eigenvalue weighted by Gasteiger charge is 2.22. The number of anilines is 1. The van der Waals surface area contributed by atoms with Crippen LogP contribution in [0.15, 0.2) is 22.6 Å². The molecule has 1 N–H and O–H groups in total. The number of nitrogens with zero attached hydrogens (tertiary/aromatic N) is 2. The topological polar surface area (TPSA) is 66.6 Å². The molecule has 1 aromatic heterocycles. The van der Waals surface area contributed by atoms with Crippen LogP contribution in [0, 0.1) is 0 Å². The summed E-state index contributed by atoms with van der Waals surface area (Å²) in [6.45, 7) is 3.13. The molecule has 3 rings (SSSR count). The molecule has 1 fully saturated rings. The second-order valence-corrected chi connectivity index (χ2v) is 5.38. The molecule has 1 saturated heterocycles. The summed E-state index contributed by atoms with van der Waals surface area (Å²) in [5, 5.41) is 9.01. The zero-order chi connectivity index (χ0) is 14.1. The van der Waals surface area contributed by atoms with E-state index in [-0.39, 0.29) is 5.56 Å². The normalized spacial score (nSPS) is 20.1. The minimum atomic E-state index is -0.951. The number of oxazole rings is 1. The number of benzene rings is 1. The molecule has 1 aromatic carbocycles.